The van der Waals surface area contributed by atoms with Crippen LogP contribution in [0.1, 0.15) is 30.9 Å². The lowest BCUT2D eigenvalue weighted by Gasteiger charge is -2.07. The van der Waals surface area contributed by atoms with Gasteiger partial charge in [0.15, 0.2) is 0 Å². The van der Waals surface area contributed by atoms with E-state index in [1.807, 2.05) is 12.1 Å². The molecular weight excluding hydrogens is 300 g/mol. The van der Waals surface area contributed by atoms with Crippen molar-refractivity contribution in [1.29, 1.82) is 0 Å². The molecule has 0 atom stereocenters. The van der Waals surface area contributed by atoms with Crippen molar-refractivity contribution in [2.24, 2.45) is 0 Å². The topological polar surface area (TPSA) is 9.23 Å². The summed E-state index contributed by atoms with van der Waals surface area (Å²) in [6.07, 6.45) is 3.64. The fraction of sp³-hybridized carbons (Fsp3) is 0.294. The van der Waals surface area contributed by atoms with E-state index in [9.17, 15) is 0 Å². The normalized spacial score (nSPS) is 10.4. The van der Waals surface area contributed by atoms with Crippen molar-refractivity contribution >= 4 is 15.9 Å². The molecule has 0 saturated heterocycles. The van der Waals surface area contributed by atoms with Gasteiger partial charge < -0.3 is 4.74 Å². The van der Waals surface area contributed by atoms with Gasteiger partial charge in [0.05, 0.1) is 0 Å². The number of rotatable bonds is 6. The average Bonchev–Trinajstić information content (AvgIpc) is 2.46. The summed E-state index contributed by atoms with van der Waals surface area (Å²) in [6.45, 7) is 2.83. The Morgan fingerprint density at radius 2 is 1.53 bits per heavy atom. The summed E-state index contributed by atoms with van der Waals surface area (Å²) in [5.41, 5.74) is 2.57. The number of unbranched alkanes of at least 4 members (excludes halogenated alkanes) is 1. The smallest absolute Gasteiger partial charge is 0.119 e. The van der Waals surface area contributed by atoms with E-state index in [2.05, 4.69) is 59.3 Å². The van der Waals surface area contributed by atoms with Crippen LogP contribution in [0, 0.1) is 0 Å². The first-order chi connectivity index (χ1) is 9.28. The van der Waals surface area contributed by atoms with Gasteiger partial charge in [-0.15, -0.1) is 0 Å². The lowest BCUT2D eigenvalue weighted by atomic mass is 10.1. The lowest BCUT2D eigenvalue weighted by Crippen LogP contribution is -1.95. The third-order valence-electron chi connectivity index (χ3n) is 3.06. The minimum absolute atomic E-state index is 0.613. The van der Waals surface area contributed by atoms with Crippen molar-refractivity contribution < 1.29 is 4.74 Å². The number of ether oxygens (including phenoxy) is 1. The third kappa shape index (κ3) is 4.71. The summed E-state index contributed by atoms with van der Waals surface area (Å²) in [4.78, 5) is 0. The predicted molar refractivity (Wildman–Crippen MR) is 83.5 cm³/mol. The van der Waals surface area contributed by atoms with E-state index in [1.54, 1.807) is 0 Å². The zero-order chi connectivity index (χ0) is 13.5. The van der Waals surface area contributed by atoms with Crippen LogP contribution in [0.15, 0.2) is 53.0 Å². The fourth-order valence-electron chi connectivity index (χ4n) is 1.88. The van der Waals surface area contributed by atoms with Crippen LogP contribution in [0.5, 0.6) is 5.75 Å². The van der Waals surface area contributed by atoms with E-state index in [0.29, 0.717) is 6.61 Å². The molecule has 0 saturated carbocycles. The first-order valence-corrected chi connectivity index (χ1v) is 7.53. The van der Waals surface area contributed by atoms with E-state index >= 15 is 0 Å². The van der Waals surface area contributed by atoms with Gasteiger partial charge in [0.25, 0.3) is 0 Å². The molecule has 0 bridgehead atoms. The zero-order valence-corrected chi connectivity index (χ0v) is 12.8. The molecule has 0 aliphatic rings. The molecule has 2 aromatic carbocycles. The molecule has 0 heterocycles. The first kappa shape index (κ1) is 14.1. The van der Waals surface area contributed by atoms with Crippen molar-refractivity contribution in [3.63, 3.8) is 0 Å². The molecule has 0 radical (unpaired) electrons. The summed E-state index contributed by atoms with van der Waals surface area (Å²) >= 11 is 3.43. The zero-order valence-electron chi connectivity index (χ0n) is 11.2. The second-order valence-corrected chi connectivity index (χ2v) is 5.58. The van der Waals surface area contributed by atoms with Gasteiger partial charge in [-0.2, -0.15) is 0 Å². The second kappa shape index (κ2) is 7.34. The molecule has 0 aromatic heterocycles. The van der Waals surface area contributed by atoms with Gasteiger partial charge in [-0.25, -0.2) is 0 Å². The van der Waals surface area contributed by atoms with E-state index in [0.717, 1.165) is 16.6 Å². The van der Waals surface area contributed by atoms with Crippen LogP contribution in [0.4, 0.5) is 0 Å². The fourth-order valence-corrected chi connectivity index (χ4v) is 2.14. The number of halogens is 1. The molecule has 0 N–H and O–H groups in total. The van der Waals surface area contributed by atoms with Crippen molar-refractivity contribution in [2.45, 2.75) is 32.8 Å². The monoisotopic (exact) mass is 318 g/mol. The summed E-state index contributed by atoms with van der Waals surface area (Å²) in [5.74, 6) is 0.933. The van der Waals surface area contributed by atoms with E-state index in [1.165, 1.54) is 24.0 Å². The average molecular weight is 319 g/mol. The van der Waals surface area contributed by atoms with Gasteiger partial charge in [0.1, 0.15) is 12.4 Å². The SMILES string of the molecule is CCCCc1ccc(OCc2ccc(Br)cc2)cc1. The minimum Gasteiger partial charge on any atom is -0.489 e. The van der Waals surface area contributed by atoms with Gasteiger partial charge in [0, 0.05) is 4.47 Å². The number of benzene rings is 2. The Morgan fingerprint density at radius 1 is 0.895 bits per heavy atom. The van der Waals surface area contributed by atoms with Crippen LogP contribution in [0.3, 0.4) is 0 Å². The molecule has 100 valence electrons. The Morgan fingerprint density at radius 3 is 2.16 bits per heavy atom. The first-order valence-electron chi connectivity index (χ1n) is 6.74. The molecule has 19 heavy (non-hydrogen) atoms. The maximum atomic E-state index is 5.78. The van der Waals surface area contributed by atoms with Crippen LogP contribution >= 0.6 is 15.9 Å². The van der Waals surface area contributed by atoms with E-state index in [4.69, 9.17) is 4.74 Å². The number of hydrogen-bond donors (Lipinski definition) is 0. The molecule has 1 nitrogen and oxygen atoms in total. The maximum Gasteiger partial charge on any atom is 0.119 e. The summed E-state index contributed by atoms with van der Waals surface area (Å²) in [7, 11) is 0. The summed E-state index contributed by atoms with van der Waals surface area (Å²) in [6, 6.07) is 16.6. The Bertz CT molecular complexity index is 488. The third-order valence-corrected chi connectivity index (χ3v) is 3.59. The Balaban J connectivity index is 1.87. The maximum absolute atomic E-state index is 5.78. The lowest BCUT2D eigenvalue weighted by molar-refractivity contribution is 0.306. The van der Waals surface area contributed by atoms with Crippen molar-refractivity contribution in [2.75, 3.05) is 0 Å². The Hall–Kier alpha value is -1.28. The van der Waals surface area contributed by atoms with Crippen LogP contribution < -0.4 is 4.74 Å². The largest absolute Gasteiger partial charge is 0.489 e. The molecule has 0 fully saturated rings. The van der Waals surface area contributed by atoms with Gasteiger partial charge in [0.2, 0.25) is 0 Å². The van der Waals surface area contributed by atoms with Gasteiger partial charge in [-0.1, -0.05) is 53.5 Å². The molecule has 0 spiro atoms. The molecule has 2 aromatic rings. The molecular formula is C17H19BrO. The highest BCUT2D eigenvalue weighted by molar-refractivity contribution is 9.10. The quantitative estimate of drug-likeness (QED) is 0.695. The molecule has 0 aliphatic heterocycles. The summed E-state index contributed by atoms with van der Waals surface area (Å²) < 4.78 is 6.87. The molecule has 0 amide bonds. The van der Waals surface area contributed by atoms with Gasteiger partial charge >= 0.3 is 0 Å². The van der Waals surface area contributed by atoms with Crippen LogP contribution in [0.25, 0.3) is 0 Å². The van der Waals surface area contributed by atoms with Crippen molar-refractivity contribution in [3.8, 4) is 5.75 Å². The van der Waals surface area contributed by atoms with Crippen LogP contribution in [-0.4, -0.2) is 0 Å². The molecule has 2 rings (SSSR count). The standard InChI is InChI=1S/C17H19BrO/c1-2-3-4-14-7-11-17(12-8-14)19-13-15-5-9-16(18)10-6-15/h5-12H,2-4,13H2,1H3. The van der Waals surface area contributed by atoms with E-state index < -0.39 is 0 Å². The highest BCUT2D eigenvalue weighted by atomic mass is 79.9. The molecule has 2 heteroatoms. The molecule has 0 unspecified atom stereocenters. The minimum atomic E-state index is 0.613. The van der Waals surface area contributed by atoms with Crippen molar-refractivity contribution in [1.82, 2.24) is 0 Å². The van der Waals surface area contributed by atoms with Gasteiger partial charge in [-0.05, 0) is 48.2 Å². The second-order valence-electron chi connectivity index (χ2n) is 4.66. The predicted octanol–water partition coefficient (Wildman–Crippen LogP) is 5.37. The Labute approximate surface area is 123 Å². The van der Waals surface area contributed by atoms with E-state index in [-0.39, 0.29) is 0 Å². The Kier molecular flexibility index (Phi) is 5.46. The highest BCUT2D eigenvalue weighted by Crippen LogP contribution is 2.16. The van der Waals surface area contributed by atoms with Crippen LogP contribution in [0.2, 0.25) is 0 Å². The highest BCUT2D eigenvalue weighted by Gasteiger charge is 1.97. The summed E-state index contributed by atoms with van der Waals surface area (Å²) in [5, 5.41) is 0. The molecule has 0 aliphatic carbocycles. The van der Waals surface area contributed by atoms with Crippen LogP contribution in [-0.2, 0) is 13.0 Å². The number of aryl methyl sites for hydroxylation is 1. The van der Waals surface area contributed by atoms with Crippen molar-refractivity contribution in [3.05, 3.63) is 64.1 Å². The van der Waals surface area contributed by atoms with Gasteiger partial charge in [-0.3, -0.25) is 0 Å². The number of hydrogen-bond acceptors (Lipinski definition) is 1.